The highest BCUT2D eigenvalue weighted by Gasteiger charge is 2.20. The van der Waals surface area contributed by atoms with Gasteiger partial charge in [0.1, 0.15) is 0 Å². The summed E-state index contributed by atoms with van der Waals surface area (Å²) in [6, 6.07) is 20.4. The highest BCUT2D eigenvalue weighted by Crippen LogP contribution is 2.19. The van der Waals surface area contributed by atoms with Gasteiger partial charge in [-0.1, -0.05) is 30.3 Å². The number of carbonyl (C=O) groups is 3. The van der Waals surface area contributed by atoms with Gasteiger partial charge in [0.2, 0.25) is 5.91 Å². The molecule has 0 aliphatic carbocycles. The zero-order valence-corrected chi connectivity index (χ0v) is 16.4. The summed E-state index contributed by atoms with van der Waals surface area (Å²) in [5.74, 6) is -0.401. The summed E-state index contributed by atoms with van der Waals surface area (Å²) in [4.78, 5) is 37.8. The van der Waals surface area contributed by atoms with Gasteiger partial charge in [-0.3, -0.25) is 14.5 Å². The zero-order chi connectivity index (χ0) is 20.9. The third kappa shape index (κ3) is 4.41. The van der Waals surface area contributed by atoms with E-state index in [0.29, 0.717) is 24.3 Å². The predicted molar refractivity (Wildman–Crippen MR) is 117 cm³/mol. The van der Waals surface area contributed by atoms with Crippen LogP contribution >= 0.6 is 0 Å². The molecule has 3 aromatic rings. The van der Waals surface area contributed by atoms with Gasteiger partial charge in [0.15, 0.2) is 0 Å². The fourth-order valence-electron chi connectivity index (χ4n) is 3.39. The molecule has 1 aliphatic rings. The number of hydrogen-bond donors (Lipinski definition) is 3. The maximum Gasteiger partial charge on any atom is 0.321 e. The van der Waals surface area contributed by atoms with Crippen LogP contribution in [0.3, 0.4) is 0 Å². The molecule has 3 N–H and O–H groups in total. The third-order valence-electron chi connectivity index (χ3n) is 4.97. The normalized spacial score (nSPS) is 13.2. The average Bonchev–Trinajstić information content (AvgIpc) is 3.19. The molecule has 0 atom stereocenters. The molecule has 0 radical (unpaired) electrons. The molecule has 0 bridgehead atoms. The van der Waals surface area contributed by atoms with Crippen molar-refractivity contribution in [2.45, 2.75) is 6.42 Å². The lowest BCUT2D eigenvalue weighted by molar-refractivity contribution is -0.116. The maximum atomic E-state index is 12.3. The van der Waals surface area contributed by atoms with E-state index < -0.39 is 0 Å². The van der Waals surface area contributed by atoms with Crippen molar-refractivity contribution in [3.63, 3.8) is 0 Å². The van der Waals surface area contributed by atoms with E-state index in [4.69, 9.17) is 0 Å². The van der Waals surface area contributed by atoms with Crippen molar-refractivity contribution in [3.05, 3.63) is 72.3 Å². The Balaban J connectivity index is 1.26. The number of fused-ring (bicyclic) bond motifs is 1. The van der Waals surface area contributed by atoms with E-state index in [2.05, 4.69) is 16.0 Å². The second-order valence-corrected chi connectivity index (χ2v) is 7.05. The average molecular weight is 402 g/mol. The number of nitrogens with zero attached hydrogens (tertiary/aromatic N) is 1. The highest BCUT2D eigenvalue weighted by atomic mass is 16.2. The van der Waals surface area contributed by atoms with E-state index in [1.165, 1.54) is 0 Å². The number of nitrogens with one attached hydrogen (secondary N) is 3. The Hall–Kier alpha value is -3.87. The molecule has 0 aromatic heterocycles. The van der Waals surface area contributed by atoms with Crippen LogP contribution in [0.1, 0.15) is 16.8 Å². The highest BCUT2D eigenvalue weighted by molar-refractivity contribution is 5.99. The van der Waals surface area contributed by atoms with E-state index in [9.17, 15) is 14.4 Å². The van der Waals surface area contributed by atoms with Crippen LogP contribution in [-0.2, 0) is 4.79 Å². The molecule has 0 spiro atoms. The summed E-state index contributed by atoms with van der Waals surface area (Å²) >= 11 is 0. The van der Waals surface area contributed by atoms with Crippen molar-refractivity contribution in [3.8, 4) is 0 Å². The quantitative estimate of drug-likeness (QED) is 0.592. The van der Waals surface area contributed by atoms with Crippen molar-refractivity contribution in [1.82, 2.24) is 10.6 Å². The minimum absolute atomic E-state index is 0.117. The number of carbonyl (C=O) groups excluding carboxylic acids is 3. The summed E-state index contributed by atoms with van der Waals surface area (Å²) in [6.45, 7) is 1.49. The summed E-state index contributed by atoms with van der Waals surface area (Å²) in [5.41, 5.74) is 1.99. The molecule has 30 heavy (non-hydrogen) atoms. The first-order chi connectivity index (χ1) is 14.6. The van der Waals surface area contributed by atoms with Crippen LogP contribution in [0, 0.1) is 0 Å². The standard InChI is InChI=1S/C23H22N4O3/c28-21(26-19-7-9-20(10-8-19)27-14-13-25-23(27)30)11-12-24-22(29)18-6-5-16-3-1-2-4-17(16)15-18/h1-10,15H,11-14H2,(H,24,29)(H,25,30)(H,26,28). The van der Waals surface area contributed by atoms with Gasteiger partial charge in [0.05, 0.1) is 0 Å². The van der Waals surface area contributed by atoms with Gasteiger partial charge in [0, 0.05) is 43.0 Å². The Labute approximate surface area is 174 Å². The molecule has 3 aromatic carbocycles. The molecule has 4 amide bonds. The lowest BCUT2D eigenvalue weighted by Crippen LogP contribution is -2.28. The molecule has 1 heterocycles. The number of anilines is 2. The number of benzene rings is 3. The van der Waals surface area contributed by atoms with Gasteiger partial charge < -0.3 is 16.0 Å². The van der Waals surface area contributed by atoms with Crippen LogP contribution in [0.4, 0.5) is 16.2 Å². The minimum Gasteiger partial charge on any atom is -0.352 e. The van der Waals surface area contributed by atoms with Crippen LogP contribution in [0.2, 0.25) is 0 Å². The van der Waals surface area contributed by atoms with Crippen molar-refractivity contribution in [2.24, 2.45) is 0 Å². The molecular formula is C23H22N4O3. The van der Waals surface area contributed by atoms with Gasteiger partial charge in [0.25, 0.3) is 5.91 Å². The topological polar surface area (TPSA) is 90.5 Å². The predicted octanol–water partition coefficient (Wildman–Crippen LogP) is 3.13. The van der Waals surface area contributed by atoms with Crippen molar-refractivity contribution >= 4 is 40.0 Å². The van der Waals surface area contributed by atoms with Crippen molar-refractivity contribution < 1.29 is 14.4 Å². The van der Waals surface area contributed by atoms with Crippen LogP contribution in [0.5, 0.6) is 0 Å². The second kappa shape index (κ2) is 8.65. The largest absolute Gasteiger partial charge is 0.352 e. The summed E-state index contributed by atoms with van der Waals surface area (Å²) in [5, 5.41) is 10.4. The number of urea groups is 1. The molecule has 4 rings (SSSR count). The molecule has 7 nitrogen and oxygen atoms in total. The second-order valence-electron chi connectivity index (χ2n) is 7.05. The number of rotatable bonds is 6. The molecular weight excluding hydrogens is 380 g/mol. The molecule has 1 fully saturated rings. The molecule has 1 saturated heterocycles. The Morgan fingerprint density at radius 3 is 2.47 bits per heavy atom. The first-order valence-corrected chi connectivity index (χ1v) is 9.82. The Morgan fingerprint density at radius 1 is 0.967 bits per heavy atom. The van der Waals surface area contributed by atoms with Crippen LogP contribution in [0.25, 0.3) is 10.8 Å². The summed E-state index contributed by atoms with van der Waals surface area (Å²) < 4.78 is 0. The first-order valence-electron chi connectivity index (χ1n) is 9.82. The first kappa shape index (κ1) is 19.4. The van der Waals surface area contributed by atoms with Crippen LogP contribution < -0.4 is 20.9 Å². The summed E-state index contributed by atoms with van der Waals surface area (Å²) in [7, 11) is 0. The lowest BCUT2D eigenvalue weighted by atomic mass is 10.1. The van der Waals surface area contributed by atoms with Crippen molar-refractivity contribution in [1.29, 1.82) is 0 Å². The van der Waals surface area contributed by atoms with Gasteiger partial charge in [-0.25, -0.2) is 4.79 Å². The van der Waals surface area contributed by atoms with E-state index in [1.54, 1.807) is 35.2 Å². The fourth-order valence-corrected chi connectivity index (χ4v) is 3.39. The van der Waals surface area contributed by atoms with Crippen LogP contribution in [-0.4, -0.2) is 37.5 Å². The Bertz CT molecular complexity index is 1100. The Kier molecular flexibility index (Phi) is 5.61. The molecule has 0 unspecified atom stereocenters. The molecule has 0 saturated carbocycles. The molecule has 7 heteroatoms. The SMILES string of the molecule is O=C(CCNC(=O)c1ccc2ccccc2c1)Nc1ccc(N2CCNC2=O)cc1. The maximum absolute atomic E-state index is 12.3. The van der Waals surface area contributed by atoms with Gasteiger partial charge in [-0.15, -0.1) is 0 Å². The third-order valence-corrected chi connectivity index (χ3v) is 4.97. The summed E-state index contributed by atoms with van der Waals surface area (Å²) in [6.07, 6.45) is 0.162. The van der Waals surface area contributed by atoms with Gasteiger partial charge in [-0.05, 0) is 47.2 Å². The van der Waals surface area contributed by atoms with E-state index in [0.717, 1.165) is 16.5 Å². The number of hydrogen-bond acceptors (Lipinski definition) is 3. The van der Waals surface area contributed by atoms with Crippen molar-refractivity contribution in [2.75, 3.05) is 29.9 Å². The van der Waals surface area contributed by atoms with E-state index in [1.807, 2.05) is 36.4 Å². The fraction of sp³-hybridized carbons (Fsp3) is 0.174. The zero-order valence-electron chi connectivity index (χ0n) is 16.4. The lowest BCUT2D eigenvalue weighted by Gasteiger charge is -2.14. The smallest absolute Gasteiger partial charge is 0.321 e. The number of amides is 4. The van der Waals surface area contributed by atoms with E-state index in [-0.39, 0.29) is 30.8 Å². The van der Waals surface area contributed by atoms with Gasteiger partial charge in [-0.2, -0.15) is 0 Å². The van der Waals surface area contributed by atoms with E-state index >= 15 is 0 Å². The van der Waals surface area contributed by atoms with Crippen LogP contribution in [0.15, 0.2) is 66.7 Å². The molecule has 1 aliphatic heterocycles. The monoisotopic (exact) mass is 402 g/mol. The Morgan fingerprint density at radius 2 is 1.73 bits per heavy atom. The minimum atomic E-state index is -0.207. The molecule has 152 valence electrons. The van der Waals surface area contributed by atoms with Gasteiger partial charge >= 0.3 is 6.03 Å².